The van der Waals surface area contributed by atoms with Gasteiger partial charge in [0, 0.05) is 6.04 Å². The normalized spacial score (nSPS) is 21.8. The van der Waals surface area contributed by atoms with Gasteiger partial charge in [0.15, 0.2) is 0 Å². The second-order valence-corrected chi connectivity index (χ2v) is 4.23. The highest BCUT2D eigenvalue weighted by molar-refractivity contribution is 4.76. The highest BCUT2D eigenvalue weighted by Gasteiger charge is 2.23. The lowest BCUT2D eigenvalue weighted by Crippen LogP contribution is -2.33. The van der Waals surface area contributed by atoms with Crippen molar-refractivity contribution in [2.75, 3.05) is 6.54 Å². The van der Waals surface area contributed by atoms with Crippen LogP contribution in [-0.4, -0.2) is 12.6 Å². The SMILES string of the molecule is CC(C)NCC(C)C1CCC1. The first-order valence-electron chi connectivity index (χ1n) is 4.93. The van der Waals surface area contributed by atoms with Crippen molar-refractivity contribution in [3.05, 3.63) is 0 Å². The molecule has 0 aromatic rings. The Balaban J connectivity index is 2.05. The van der Waals surface area contributed by atoms with Gasteiger partial charge in [0.2, 0.25) is 0 Å². The fourth-order valence-corrected chi connectivity index (χ4v) is 1.60. The molecule has 1 nitrogen and oxygen atoms in total. The molecule has 1 heteroatoms. The smallest absolute Gasteiger partial charge is 0.00104 e. The van der Waals surface area contributed by atoms with Gasteiger partial charge in [-0.05, 0) is 18.4 Å². The lowest BCUT2D eigenvalue weighted by molar-refractivity contribution is 0.213. The molecular weight excluding hydrogens is 134 g/mol. The van der Waals surface area contributed by atoms with E-state index in [-0.39, 0.29) is 0 Å². The number of nitrogens with one attached hydrogen (secondary N) is 1. The molecule has 0 aromatic heterocycles. The topological polar surface area (TPSA) is 12.0 Å². The van der Waals surface area contributed by atoms with E-state index < -0.39 is 0 Å². The van der Waals surface area contributed by atoms with E-state index in [1.165, 1.54) is 25.8 Å². The van der Waals surface area contributed by atoms with Crippen molar-refractivity contribution in [1.29, 1.82) is 0 Å². The Hall–Kier alpha value is -0.0400. The van der Waals surface area contributed by atoms with Crippen LogP contribution in [-0.2, 0) is 0 Å². The van der Waals surface area contributed by atoms with E-state index in [4.69, 9.17) is 0 Å². The third kappa shape index (κ3) is 2.82. The zero-order chi connectivity index (χ0) is 8.27. The van der Waals surface area contributed by atoms with E-state index in [2.05, 4.69) is 26.1 Å². The van der Waals surface area contributed by atoms with Crippen LogP contribution in [0.15, 0.2) is 0 Å². The summed E-state index contributed by atoms with van der Waals surface area (Å²) in [5.41, 5.74) is 0. The van der Waals surface area contributed by atoms with Crippen LogP contribution in [0.3, 0.4) is 0 Å². The average molecular weight is 155 g/mol. The minimum Gasteiger partial charge on any atom is -0.314 e. The molecule has 0 heterocycles. The van der Waals surface area contributed by atoms with Crippen LogP contribution in [0.5, 0.6) is 0 Å². The lowest BCUT2D eigenvalue weighted by atomic mass is 9.77. The Morgan fingerprint density at radius 3 is 2.27 bits per heavy atom. The van der Waals surface area contributed by atoms with Crippen LogP contribution >= 0.6 is 0 Å². The molecule has 11 heavy (non-hydrogen) atoms. The maximum atomic E-state index is 3.49. The Morgan fingerprint density at radius 2 is 1.91 bits per heavy atom. The Kier molecular flexibility index (Phi) is 3.38. The van der Waals surface area contributed by atoms with E-state index in [1.807, 2.05) is 0 Å². The van der Waals surface area contributed by atoms with Crippen molar-refractivity contribution in [2.24, 2.45) is 11.8 Å². The molecule has 0 amide bonds. The molecule has 1 aliphatic carbocycles. The number of hydrogen-bond acceptors (Lipinski definition) is 1. The quantitative estimate of drug-likeness (QED) is 0.657. The second-order valence-electron chi connectivity index (χ2n) is 4.23. The Labute approximate surface area is 70.6 Å². The summed E-state index contributed by atoms with van der Waals surface area (Å²) in [6.07, 6.45) is 4.42. The molecule has 66 valence electrons. The molecule has 0 saturated heterocycles. The molecule has 1 N–H and O–H groups in total. The van der Waals surface area contributed by atoms with E-state index >= 15 is 0 Å². The fraction of sp³-hybridized carbons (Fsp3) is 1.00. The first-order chi connectivity index (χ1) is 5.20. The molecule has 0 aliphatic heterocycles. The maximum absolute atomic E-state index is 3.49. The summed E-state index contributed by atoms with van der Waals surface area (Å²) in [5.74, 6) is 1.92. The lowest BCUT2D eigenvalue weighted by Gasteiger charge is -2.32. The van der Waals surface area contributed by atoms with Gasteiger partial charge in [0.1, 0.15) is 0 Å². The Morgan fingerprint density at radius 1 is 1.27 bits per heavy atom. The van der Waals surface area contributed by atoms with Gasteiger partial charge in [-0.15, -0.1) is 0 Å². The minimum absolute atomic E-state index is 0.650. The van der Waals surface area contributed by atoms with Crippen LogP contribution in [0, 0.1) is 11.8 Å². The summed E-state index contributed by atoms with van der Waals surface area (Å²) in [6, 6.07) is 0.650. The third-order valence-electron chi connectivity index (χ3n) is 2.80. The minimum atomic E-state index is 0.650. The van der Waals surface area contributed by atoms with Gasteiger partial charge < -0.3 is 5.32 Å². The van der Waals surface area contributed by atoms with Crippen LogP contribution in [0.4, 0.5) is 0 Å². The fourth-order valence-electron chi connectivity index (χ4n) is 1.60. The van der Waals surface area contributed by atoms with Crippen molar-refractivity contribution in [3.63, 3.8) is 0 Å². The van der Waals surface area contributed by atoms with Crippen molar-refractivity contribution < 1.29 is 0 Å². The first-order valence-corrected chi connectivity index (χ1v) is 4.93. The highest BCUT2D eigenvalue weighted by atomic mass is 14.9. The molecule has 0 bridgehead atoms. The number of rotatable bonds is 4. The van der Waals surface area contributed by atoms with Crippen molar-refractivity contribution in [2.45, 2.75) is 46.1 Å². The molecule has 0 aromatic carbocycles. The van der Waals surface area contributed by atoms with Crippen LogP contribution < -0.4 is 5.32 Å². The summed E-state index contributed by atoms with van der Waals surface area (Å²) in [4.78, 5) is 0. The summed E-state index contributed by atoms with van der Waals surface area (Å²) < 4.78 is 0. The molecule has 1 rings (SSSR count). The van der Waals surface area contributed by atoms with E-state index in [0.29, 0.717) is 6.04 Å². The van der Waals surface area contributed by atoms with Gasteiger partial charge in [-0.2, -0.15) is 0 Å². The summed E-state index contributed by atoms with van der Waals surface area (Å²) >= 11 is 0. The zero-order valence-electron chi connectivity index (χ0n) is 8.06. The van der Waals surface area contributed by atoms with E-state index in [0.717, 1.165) is 11.8 Å². The predicted octanol–water partition coefficient (Wildman–Crippen LogP) is 2.42. The van der Waals surface area contributed by atoms with Gasteiger partial charge in [0.05, 0.1) is 0 Å². The summed E-state index contributed by atoms with van der Waals surface area (Å²) in [5, 5.41) is 3.49. The Bertz CT molecular complexity index is 105. The van der Waals surface area contributed by atoms with Crippen LogP contribution in [0.25, 0.3) is 0 Å². The maximum Gasteiger partial charge on any atom is 0.00104 e. The van der Waals surface area contributed by atoms with Gasteiger partial charge in [-0.25, -0.2) is 0 Å². The molecule has 1 fully saturated rings. The largest absolute Gasteiger partial charge is 0.314 e. The van der Waals surface area contributed by atoms with Crippen LogP contribution in [0.2, 0.25) is 0 Å². The van der Waals surface area contributed by atoms with E-state index in [9.17, 15) is 0 Å². The van der Waals surface area contributed by atoms with Crippen LogP contribution in [0.1, 0.15) is 40.0 Å². The number of hydrogen-bond donors (Lipinski definition) is 1. The molecule has 1 aliphatic rings. The molecular formula is C10H21N. The predicted molar refractivity (Wildman–Crippen MR) is 49.6 cm³/mol. The van der Waals surface area contributed by atoms with Crippen molar-refractivity contribution in [3.8, 4) is 0 Å². The molecule has 1 atom stereocenters. The molecule has 1 unspecified atom stereocenters. The third-order valence-corrected chi connectivity index (χ3v) is 2.80. The first kappa shape index (κ1) is 9.05. The standard InChI is InChI=1S/C10H21N/c1-8(2)11-7-9(3)10-5-4-6-10/h8-11H,4-7H2,1-3H3. The summed E-state index contributed by atoms with van der Waals surface area (Å²) in [7, 11) is 0. The molecule has 0 radical (unpaired) electrons. The van der Waals surface area contributed by atoms with Gasteiger partial charge in [-0.1, -0.05) is 40.0 Å². The zero-order valence-corrected chi connectivity index (χ0v) is 8.06. The monoisotopic (exact) mass is 155 g/mol. The van der Waals surface area contributed by atoms with Gasteiger partial charge in [-0.3, -0.25) is 0 Å². The highest BCUT2D eigenvalue weighted by Crippen LogP contribution is 2.32. The van der Waals surface area contributed by atoms with Gasteiger partial charge in [0.25, 0.3) is 0 Å². The average Bonchev–Trinajstić information content (AvgIpc) is 1.79. The summed E-state index contributed by atoms with van der Waals surface area (Å²) in [6.45, 7) is 8.02. The molecule has 0 spiro atoms. The van der Waals surface area contributed by atoms with Crippen molar-refractivity contribution >= 4 is 0 Å². The molecule has 1 saturated carbocycles. The second kappa shape index (κ2) is 4.10. The van der Waals surface area contributed by atoms with E-state index in [1.54, 1.807) is 0 Å². The van der Waals surface area contributed by atoms with Crippen molar-refractivity contribution in [1.82, 2.24) is 5.32 Å². The van der Waals surface area contributed by atoms with Gasteiger partial charge >= 0.3 is 0 Å².